The Morgan fingerprint density at radius 1 is 1.00 bits per heavy atom. The van der Waals surface area contributed by atoms with E-state index in [2.05, 4.69) is 10.3 Å². The van der Waals surface area contributed by atoms with Gasteiger partial charge < -0.3 is 24.3 Å². The van der Waals surface area contributed by atoms with Gasteiger partial charge >= 0.3 is 17.9 Å². The highest BCUT2D eigenvalue weighted by Crippen LogP contribution is 2.32. The summed E-state index contributed by atoms with van der Waals surface area (Å²) >= 11 is 0. The Bertz CT molecular complexity index is 966. The van der Waals surface area contributed by atoms with Crippen molar-refractivity contribution in [2.24, 2.45) is 0 Å². The monoisotopic (exact) mass is 472 g/mol. The predicted molar refractivity (Wildman–Crippen MR) is 105 cm³/mol. The maximum absolute atomic E-state index is 13.3. The van der Waals surface area contributed by atoms with Gasteiger partial charge in [0.1, 0.15) is 18.8 Å². The number of carbonyl (C=O) groups excluding carboxylic acids is 4. The van der Waals surface area contributed by atoms with Gasteiger partial charge in [-0.05, 0) is 12.1 Å². The maximum Gasteiger partial charge on any atom is 0.303 e. The second-order valence-corrected chi connectivity index (χ2v) is 8.91. The number of amides is 1. The number of sulfone groups is 1. The molecule has 0 radical (unpaired) electrons. The zero-order valence-electron chi connectivity index (χ0n) is 17.8. The molecule has 0 spiro atoms. The van der Waals surface area contributed by atoms with Crippen molar-refractivity contribution in [1.82, 2.24) is 10.3 Å². The first-order chi connectivity index (χ1) is 14.9. The Balaban J connectivity index is 2.61. The van der Waals surface area contributed by atoms with Gasteiger partial charge in [-0.25, -0.2) is 13.4 Å². The average molecular weight is 472 g/mol. The maximum atomic E-state index is 13.3. The highest BCUT2D eigenvalue weighted by atomic mass is 32.2. The molecule has 5 atom stereocenters. The minimum atomic E-state index is -4.37. The molecule has 1 N–H and O–H groups in total. The summed E-state index contributed by atoms with van der Waals surface area (Å²) in [5.41, 5.74) is -1.81. The number of pyridine rings is 1. The molecule has 2 rings (SSSR count). The molecule has 1 saturated heterocycles. The summed E-state index contributed by atoms with van der Waals surface area (Å²) in [4.78, 5) is 50.6. The van der Waals surface area contributed by atoms with E-state index in [1.807, 2.05) is 0 Å². The molecule has 0 aliphatic carbocycles. The lowest BCUT2D eigenvalue weighted by molar-refractivity contribution is -0.212. The molecule has 13 heteroatoms. The van der Waals surface area contributed by atoms with E-state index in [9.17, 15) is 27.6 Å². The van der Waals surface area contributed by atoms with Crippen LogP contribution in [0.4, 0.5) is 0 Å². The fraction of sp³-hybridized carbons (Fsp3) is 0.526. The molecule has 0 saturated carbocycles. The SMILES string of the molecule is CC(=O)N[C@@H]1[C@@H](OC(C)=O)[C@H](OC(C)=O)[C@@H](COC(C)=O)O[C@H]1S(=O)(=O)c1ccccn1. The smallest absolute Gasteiger partial charge is 0.303 e. The highest BCUT2D eigenvalue weighted by Gasteiger charge is 2.55. The van der Waals surface area contributed by atoms with Crippen LogP contribution in [0.25, 0.3) is 0 Å². The summed E-state index contributed by atoms with van der Waals surface area (Å²) in [6.45, 7) is 3.88. The molecule has 1 aliphatic rings. The number of rotatable bonds is 7. The van der Waals surface area contributed by atoms with Gasteiger partial charge in [0.25, 0.3) is 0 Å². The van der Waals surface area contributed by atoms with Crippen molar-refractivity contribution in [3.63, 3.8) is 0 Å². The number of esters is 3. The lowest BCUT2D eigenvalue weighted by atomic mass is 9.97. The predicted octanol–water partition coefficient (Wildman–Crippen LogP) is -0.489. The van der Waals surface area contributed by atoms with E-state index in [0.717, 1.165) is 27.7 Å². The lowest BCUT2D eigenvalue weighted by Gasteiger charge is -2.44. The van der Waals surface area contributed by atoms with Crippen LogP contribution in [0.1, 0.15) is 27.7 Å². The molecule has 1 aromatic heterocycles. The van der Waals surface area contributed by atoms with Gasteiger partial charge in [-0.3, -0.25) is 19.2 Å². The van der Waals surface area contributed by atoms with E-state index in [-0.39, 0.29) is 5.03 Å². The van der Waals surface area contributed by atoms with Crippen LogP contribution in [0.2, 0.25) is 0 Å². The van der Waals surface area contributed by atoms with Gasteiger partial charge in [0, 0.05) is 33.9 Å². The van der Waals surface area contributed by atoms with Crippen LogP contribution in [-0.4, -0.2) is 73.6 Å². The summed E-state index contributed by atoms with van der Waals surface area (Å²) in [5, 5.41) is 2.04. The van der Waals surface area contributed by atoms with E-state index in [1.165, 1.54) is 24.4 Å². The zero-order valence-corrected chi connectivity index (χ0v) is 18.7. The number of nitrogens with one attached hydrogen (secondary N) is 1. The topological polar surface area (TPSA) is 164 Å². The molecule has 176 valence electrons. The van der Waals surface area contributed by atoms with Crippen LogP contribution >= 0.6 is 0 Å². The first kappa shape index (κ1) is 25.2. The molecular weight excluding hydrogens is 448 g/mol. The zero-order chi connectivity index (χ0) is 24.1. The van der Waals surface area contributed by atoms with Crippen molar-refractivity contribution >= 4 is 33.7 Å². The first-order valence-corrected chi connectivity index (χ1v) is 11.0. The average Bonchev–Trinajstić information content (AvgIpc) is 2.69. The number of carbonyl (C=O) groups is 4. The Kier molecular flexibility index (Phi) is 8.27. The Labute approximate surface area is 184 Å². The lowest BCUT2D eigenvalue weighted by Crippen LogP contribution is -2.67. The van der Waals surface area contributed by atoms with Crippen LogP contribution in [0, 0.1) is 0 Å². The van der Waals surface area contributed by atoms with Gasteiger partial charge in [0.15, 0.2) is 22.7 Å². The minimum Gasteiger partial charge on any atom is -0.463 e. The van der Waals surface area contributed by atoms with E-state index in [0.29, 0.717) is 0 Å². The van der Waals surface area contributed by atoms with Gasteiger partial charge in [0.2, 0.25) is 15.7 Å². The fourth-order valence-corrected chi connectivity index (χ4v) is 4.80. The quantitative estimate of drug-likeness (QED) is 0.402. The molecule has 0 unspecified atom stereocenters. The highest BCUT2D eigenvalue weighted by molar-refractivity contribution is 7.91. The van der Waals surface area contributed by atoms with Crippen molar-refractivity contribution in [2.75, 3.05) is 6.61 Å². The fourth-order valence-electron chi connectivity index (χ4n) is 3.19. The van der Waals surface area contributed by atoms with Crippen molar-refractivity contribution in [3.05, 3.63) is 24.4 Å². The van der Waals surface area contributed by atoms with E-state index in [1.54, 1.807) is 0 Å². The summed E-state index contributed by atoms with van der Waals surface area (Å²) in [6.07, 6.45) is -2.94. The molecule has 12 nitrogen and oxygen atoms in total. The van der Waals surface area contributed by atoms with Crippen molar-refractivity contribution in [3.8, 4) is 0 Å². The molecule has 1 aromatic rings. The number of aromatic nitrogens is 1. The second kappa shape index (κ2) is 10.5. The Hall–Kier alpha value is -3.06. The normalized spacial score (nSPS) is 25.3. The van der Waals surface area contributed by atoms with Crippen molar-refractivity contribution in [2.45, 2.75) is 62.5 Å². The van der Waals surface area contributed by atoms with Crippen LogP contribution in [0.5, 0.6) is 0 Å². The van der Waals surface area contributed by atoms with Crippen LogP contribution in [-0.2, 0) is 48.0 Å². The largest absolute Gasteiger partial charge is 0.463 e. The van der Waals surface area contributed by atoms with Crippen molar-refractivity contribution < 1.29 is 46.5 Å². The Morgan fingerprint density at radius 2 is 1.62 bits per heavy atom. The molecule has 32 heavy (non-hydrogen) atoms. The summed E-state index contributed by atoms with van der Waals surface area (Å²) < 4.78 is 47.8. The standard InChI is InChI=1S/C19H24N2O10S/c1-10(22)21-16-18(30-13(4)25)17(29-12(3)24)14(9-28-11(2)23)31-19(16)32(26,27)15-7-5-6-8-20-15/h5-8,14,16-19H,9H2,1-4H3,(H,21,22)/t14-,16-,17-,18-,19+/m1/s1. The first-order valence-electron chi connectivity index (χ1n) is 9.48. The molecule has 1 aliphatic heterocycles. The van der Waals surface area contributed by atoms with Crippen molar-refractivity contribution in [1.29, 1.82) is 0 Å². The number of ether oxygens (including phenoxy) is 4. The van der Waals surface area contributed by atoms with Crippen LogP contribution in [0.3, 0.4) is 0 Å². The number of hydrogen-bond acceptors (Lipinski definition) is 11. The third kappa shape index (κ3) is 6.23. The molecule has 1 amide bonds. The molecule has 0 bridgehead atoms. The summed E-state index contributed by atoms with van der Waals surface area (Å²) in [7, 11) is -4.37. The molecular formula is C19H24N2O10S. The van der Waals surface area contributed by atoms with E-state index >= 15 is 0 Å². The van der Waals surface area contributed by atoms with Crippen LogP contribution < -0.4 is 5.32 Å². The second-order valence-electron chi connectivity index (χ2n) is 6.93. The van der Waals surface area contributed by atoms with Gasteiger partial charge in [-0.15, -0.1) is 0 Å². The van der Waals surface area contributed by atoms with E-state index < -0.39 is 70.0 Å². The van der Waals surface area contributed by atoms with Gasteiger partial charge in [0.05, 0.1) is 0 Å². The Morgan fingerprint density at radius 3 is 2.12 bits per heavy atom. The summed E-state index contributed by atoms with van der Waals surface area (Å²) in [6, 6.07) is 2.70. The van der Waals surface area contributed by atoms with Gasteiger partial charge in [-0.1, -0.05) is 6.07 Å². The third-order valence-electron chi connectivity index (χ3n) is 4.31. The number of nitrogens with zero attached hydrogens (tertiary/aromatic N) is 1. The molecule has 2 heterocycles. The minimum absolute atomic E-state index is 0.362. The third-order valence-corrected chi connectivity index (χ3v) is 6.15. The van der Waals surface area contributed by atoms with Crippen LogP contribution in [0.15, 0.2) is 29.4 Å². The summed E-state index contributed by atoms with van der Waals surface area (Å²) in [5.74, 6) is -2.98. The molecule has 0 aromatic carbocycles. The molecule has 1 fully saturated rings. The van der Waals surface area contributed by atoms with Gasteiger partial charge in [-0.2, -0.15) is 0 Å². The number of hydrogen-bond donors (Lipinski definition) is 1. The van der Waals surface area contributed by atoms with E-state index in [4.69, 9.17) is 18.9 Å².